The maximum atomic E-state index is 13.7. The highest BCUT2D eigenvalue weighted by Gasteiger charge is 2.35. The molecule has 1 aliphatic rings. The molecule has 136 valence electrons. The summed E-state index contributed by atoms with van der Waals surface area (Å²) in [5.74, 6) is 0.383. The number of ether oxygens (including phenoxy) is 2. The number of nitrogens with zero attached hydrogens (tertiary/aromatic N) is 2. The maximum absolute atomic E-state index is 13.7. The number of hydrogen-bond donors (Lipinski definition) is 2. The van der Waals surface area contributed by atoms with Crippen LogP contribution in [0.15, 0.2) is 52.1 Å². The number of amides is 1. The molecular weight excluding hydrogens is 407 g/mol. The highest BCUT2D eigenvalue weighted by molar-refractivity contribution is 9.10. The lowest BCUT2D eigenvalue weighted by Gasteiger charge is -2.31. The Morgan fingerprint density at radius 3 is 2.96 bits per heavy atom. The fraction of sp³-hybridized carbons (Fsp3) is 0.235. The van der Waals surface area contributed by atoms with Crippen LogP contribution in [0.5, 0.6) is 5.88 Å². The molecule has 1 aromatic heterocycles. The molecule has 0 spiro atoms. The van der Waals surface area contributed by atoms with Gasteiger partial charge in [-0.15, -0.1) is 0 Å². The number of aromatic nitrogens is 1. The van der Waals surface area contributed by atoms with E-state index in [1.807, 2.05) is 0 Å². The predicted octanol–water partition coefficient (Wildman–Crippen LogP) is 3.01. The van der Waals surface area contributed by atoms with Gasteiger partial charge in [-0.3, -0.25) is 10.3 Å². The van der Waals surface area contributed by atoms with E-state index in [2.05, 4.69) is 31.2 Å². The van der Waals surface area contributed by atoms with Gasteiger partial charge in [-0.25, -0.2) is 14.2 Å². The van der Waals surface area contributed by atoms with Crippen molar-refractivity contribution in [3.63, 3.8) is 0 Å². The number of halogens is 2. The summed E-state index contributed by atoms with van der Waals surface area (Å²) in [5.41, 5.74) is 5.46. The monoisotopic (exact) mass is 422 g/mol. The summed E-state index contributed by atoms with van der Waals surface area (Å²) in [4.78, 5) is 20.2. The summed E-state index contributed by atoms with van der Waals surface area (Å²) in [6.07, 6.45) is 0.800. The molecule has 1 atom stereocenters. The number of anilines is 1. The molecule has 0 saturated heterocycles. The van der Waals surface area contributed by atoms with Crippen LogP contribution in [0.25, 0.3) is 0 Å². The first kappa shape index (κ1) is 18.3. The van der Waals surface area contributed by atoms with Gasteiger partial charge in [0.2, 0.25) is 5.88 Å². The summed E-state index contributed by atoms with van der Waals surface area (Å²) in [5, 5.41) is 2.58. The quantitative estimate of drug-likeness (QED) is 0.788. The first-order valence-corrected chi connectivity index (χ1v) is 8.49. The molecule has 3 rings (SSSR count). The number of carbonyl (C=O) groups is 1. The van der Waals surface area contributed by atoms with Crippen LogP contribution in [0.2, 0.25) is 0 Å². The van der Waals surface area contributed by atoms with Crippen LogP contribution in [0, 0.1) is 0 Å². The average Bonchev–Trinajstić information content (AvgIpc) is 2.63. The number of pyridine rings is 1. The van der Waals surface area contributed by atoms with E-state index in [9.17, 15) is 9.18 Å². The maximum Gasteiger partial charge on any atom is 0.418 e. The van der Waals surface area contributed by atoms with Crippen molar-refractivity contribution >= 4 is 33.5 Å². The minimum absolute atomic E-state index is 0.0704. The average molecular weight is 423 g/mol. The Labute approximate surface area is 157 Å². The third-order valence-corrected chi connectivity index (χ3v) is 4.18. The lowest BCUT2D eigenvalue weighted by Crippen LogP contribution is -2.41. The van der Waals surface area contributed by atoms with Gasteiger partial charge in [-0.2, -0.15) is 0 Å². The fourth-order valence-corrected chi connectivity index (χ4v) is 2.74. The van der Waals surface area contributed by atoms with Gasteiger partial charge >= 0.3 is 6.09 Å². The topological polar surface area (TPSA) is 98.8 Å². The van der Waals surface area contributed by atoms with Crippen molar-refractivity contribution < 1.29 is 18.7 Å². The Morgan fingerprint density at radius 2 is 2.27 bits per heavy atom. The van der Waals surface area contributed by atoms with Crippen LogP contribution in [0.4, 0.5) is 14.9 Å². The molecule has 9 heteroatoms. The Kier molecular flexibility index (Phi) is 5.48. The van der Waals surface area contributed by atoms with E-state index in [1.54, 1.807) is 36.4 Å². The van der Waals surface area contributed by atoms with Crippen LogP contribution in [0.1, 0.15) is 5.56 Å². The van der Waals surface area contributed by atoms with Gasteiger partial charge in [0.15, 0.2) is 0 Å². The molecular formula is C17H16BrFN4O3. The third-order valence-electron chi connectivity index (χ3n) is 3.71. The summed E-state index contributed by atoms with van der Waals surface area (Å²) in [7, 11) is 0. The molecule has 2 aromatic rings. The van der Waals surface area contributed by atoms with Crippen LogP contribution in [-0.2, 0) is 10.3 Å². The first-order chi connectivity index (χ1) is 12.5. The summed E-state index contributed by atoms with van der Waals surface area (Å²) in [6, 6.07) is 9.91. The first-order valence-electron chi connectivity index (χ1n) is 7.70. The molecule has 7 nitrogen and oxygen atoms in total. The highest BCUT2D eigenvalue weighted by Crippen LogP contribution is 2.31. The molecule has 1 aromatic carbocycles. The van der Waals surface area contributed by atoms with Gasteiger partial charge in [0.25, 0.3) is 0 Å². The van der Waals surface area contributed by atoms with E-state index in [1.165, 1.54) is 6.20 Å². The Hall–Kier alpha value is -2.52. The summed E-state index contributed by atoms with van der Waals surface area (Å²) >= 11 is 3.25. The second kappa shape index (κ2) is 7.79. The molecule has 1 amide bonds. The van der Waals surface area contributed by atoms with Crippen LogP contribution in [-0.4, -0.2) is 36.8 Å². The van der Waals surface area contributed by atoms with Gasteiger partial charge < -0.3 is 15.2 Å². The van der Waals surface area contributed by atoms with Crippen LogP contribution >= 0.6 is 15.9 Å². The zero-order valence-corrected chi connectivity index (χ0v) is 15.2. The highest BCUT2D eigenvalue weighted by atomic mass is 79.9. The van der Waals surface area contributed by atoms with Crippen molar-refractivity contribution in [3.05, 3.63) is 52.6 Å². The number of aliphatic imine (C=N–C) groups is 1. The van der Waals surface area contributed by atoms with Crippen molar-refractivity contribution in [2.75, 3.05) is 25.2 Å². The zero-order valence-electron chi connectivity index (χ0n) is 13.6. The van der Waals surface area contributed by atoms with Crippen LogP contribution in [0.3, 0.4) is 0 Å². The molecule has 0 fully saturated rings. The molecule has 0 saturated carbocycles. The minimum atomic E-state index is -1.21. The standard InChI is InChI=1S/C17H16BrFN4O3/c18-12-4-5-15(21-7-12)26-16(24)22-13-3-1-2-11(6-13)17(9-19)10-25-8-14(20)23-17/h1-7H,8-10H2,(H2,20,23)(H,22,24)/t17-/m0/s1. The second-order valence-electron chi connectivity index (χ2n) is 5.67. The molecule has 1 aliphatic heterocycles. The van der Waals surface area contributed by atoms with Gasteiger partial charge in [0, 0.05) is 22.4 Å². The van der Waals surface area contributed by atoms with E-state index in [0.717, 1.165) is 4.47 Å². The van der Waals surface area contributed by atoms with E-state index in [-0.39, 0.29) is 24.9 Å². The molecule has 0 bridgehead atoms. The lowest BCUT2D eigenvalue weighted by atomic mass is 9.91. The molecule has 3 N–H and O–H groups in total. The molecule has 2 heterocycles. The lowest BCUT2D eigenvalue weighted by molar-refractivity contribution is 0.0828. The zero-order chi connectivity index (χ0) is 18.6. The van der Waals surface area contributed by atoms with Crippen molar-refractivity contribution in [2.45, 2.75) is 5.54 Å². The van der Waals surface area contributed by atoms with E-state index >= 15 is 0 Å². The van der Waals surface area contributed by atoms with Crippen molar-refractivity contribution in [2.24, 2.45) is 10.7 Å². The van der Waals surface area contributed by atoms with Crippen LogP contribution < -0.4 is 15.8 Å². The molecule has 0 unspecified atom stereocenters. The van der Waals surface area contributed by atoms with Crippen molar-refractivity contribution in [1.29, 1.82) is 0 Å². The van der Waals surface area contributed by atoms with E-state index in [0.29, 0.717) is 11.3 Å². The Bertz CT molecular complexity index is 831. The van der Waals surface area contributed by atoms with E-state index in [4.69, 9.17) is 15.2 Å². The number of nitrogens with two attached hydrogens (primary N) is 1. The van der Waals surface area contributed by atoms with Crippen molar-refractivity contribution in [3.8, 4) is 5.88 Å². The Balaban J connectivity index is 1.75. The smallest absolute Gasteiger partial charge is 0.391 e. The fourth-order valence-electron chi connectivity index (χ4n) is 2.50. The second-order valence-corrected chi connectivity index (χ2v) is 6.59. The number of carbonyl (C=O) groups excluding carboxylic acids is 1. The number of benzene rings is 1. The molecule has 0 radical (unpaired) electrons. The van der Waals surface area contributed by atoms with Crippen molar-refractivity contribution in [1.82, 2.24) is 4.98 Å². The number of rotatable bonds is 4. The number of nitrogens with one attached hydrogen (secondary N) is 1. The summed E-state index contributed by atoms with van der Waals surface area (Å²) in [6.45, 7) is -0.530. The predicted molar refractivity (Wildman–Crippen MR) is 98.1 cm³/mol. The van der Waals surface area contributed by atoms with Gasteiger partial charge in [0.1, 0.15) is 24.7 Å². The van der Waals surface area contributed by atoms with Gasteiger partial charge in [-0.1, -0.05) is 12.1 Å². The normalized spacial score (nSPS) is 19.5. The minimum Gasteiger partial charge on any atom is -0.391 e. The SMILES string of the molecule is NC1=N[C@](CF)(c2cccc(NC(=O)Oc3ccc(Br)cn3)c2)COC1. The molecule has 0 aliphatic carbocycles. The third kappa shape index (κ3) is 4.17. The number of amidine groups is 1. The van der Waals surface area contributed by atoms with E-state index < -0.39 is 18.3 Å². The Morgan fingerprint density at radius 1 is 1.42 bits per heavy atom. The van der Waals surface area contributed by atoms with Gasteiger partial charge in [0.05, 0.1) is 6.61 Å². The summed E-state index contributed by atoms with van der Waals surface area (Å²) < 4.78 is 24.9. The van der Waals surface area contributed by atoms with Gasteiger partial charge in [-0.05, 0) is 39.7 Å². The number of alkyl halides is 1. The number of hydrogen-bond acceptors (Lipinski definition) is 6. The largest absolute Gasteiger partial charge is 0.418 e. The molecule has 26 heavy (non-hydrogen) atoms.